The molecule has 0 aliphatic carbocycles. The summed E-state index contributed by atoms with van der Waals surface area (Å²) in [5.74, 6) is -0.651. The first-order valence-electron chi connectivity index (χ1n) is 13.6. The van der Waals surface area contributed by atoms with E-state index < -0.39 is 12.1 Å². The van der Waals surface area contributed by atoms with Gasteiger partial charge in [-0.2, -0.15) is 0 Å². The molecule has 2 fully saturated rings. The fourth-order valence-electron chi connectivity index (χ4n) is 5.00. The van der Waals surface area contributed by atoms with Crippen molar-refractivity contribution in [3.8, 4) is 0 Å². The molecule has 2 aliphatic heterocycles. The van der Waals surface area contributed by atoms with Crippen molar-refractivity contribution < 1.29 is 18.9 Å². The van der Waals surface area contributed by atoms with E-state index in [1.165, 1.54) is 57.8 Å². The van der Waals surface area contributed by atoms with Gasteiger partial charge in [0.05, 0.1) is 0 Å². The van der Waals surface area contributed by atoms with E-state index in [-0.39, 0.29) is 24.4 Å². The van der Waals surface area contributed by atoms with Crippen LogP contribution >= 0.6 is 23.2 Å². The van der Waals surface area contributed by atoms with Crippen molar-refractivity contribution in [2.75, 3.05) is 6.61 Å². The van der Waals surface area contributed by atoms with Gasteiger partial charge in [-0.3, -0.25) is 0 Å². The molecule has 0 aromatic heterocycles. The Hall–Kier alpha value is -0.400. The SMILES string of the molecule is CCCCCCCCCCCCO[C@H]1O[C@H]([C@H](C)NCc2c(Cl)cccc2Cl)[C@@H]2OC(C)(C)O[C@H]12. The van der Waals surface area contributed by atoms with Gasteiger partial charge in [0, 0.05) is 34.8 Å². The zero-order valence-corrected chi connectivity index (χ0v) is 23.5. The van der Waals surface area contributed by atoms with E-state index >= 15 is 0 Å². The van der Waals surface area contributed by atoms with E-state index in [2.05, 4.69) is 19.2 Å². The van der Waals surface area contributed by atoms with Gasteiger partial charge in [-0.25, -0.2) is 0 Å². The maximum atomic E-state index is 6.34. The Balaban J connectivity index is 1.41. The molecular formula is C28H45Cl2NO4. The van der Waals surface area contributed by atoms with Gasteiger partial charge in [0.2, 0.25) is 0 Å². The van der Waals surface area contributed by atoms with Gasteiger partial charge >= 0.3 is 0 Å². The molecule has 200 valence electrons. The Morgan fingerprint density at radius 3 is 2.11 bits per heavy atom. The van der Waals surface area contributed by atoms with E-state index in [1.54, 1.807) is 0 Å². The lowest BCUT2D eigenvalue weighted by atomic mass is 10.0. The van der Waals surface area contributed by atoms with Crippen LogP contribution in [-0.2, 0) is 25.5 Å². The highest BCUT2D eigenvalue weighted by molar-refractivity contribution is 6.35. The maximum Gasteiger partial charge on any atom is 0.187 e. The minimum atomic E-state index is -0.651. The van der Waals surface area contributed by atoms with Crippen molar-refractivity contribution in [2.45, 2.75) is 135 Å². The van der Waals surface area contributed by atoms with Crippen molar-refractivity contribution in [3.05, 3.63) is 33.8 Å². The molecular weight excluding hydrogens is 485 g/mol. The molecule has 5 atom stereocenters. The number of hydrogen-bond donors (Lipinski definition) is 1. The topological polar surface area (TPSA) is 49.0 Å². The molecule has 5 nitrogen and oxygen atoms in total. The lowest BCUT2D eigenvalue weighted by Crippen LogP contribution is -2.44. The van der Waals surface area contributed by atoms with Gasteiger partial charge in [0.15, 0.2) is 12.1 Å². The average Bonchev–Trinajstić information content (AvgIpc) is 3.30. The summed E-state index contributed by atoms with van der Waals surface area (Å²) in [6, 6.07) is 5.55. The second-order valence-corrected chi connectivity index (χ2v) is 11.3. The third-order valence-corrected chi connectivity index (χ3v) is 7.69. The second-order valence-electron chi connectivity index (χ2n) is 10.5. The number of hydrogen-bond acceptors (Lipinski definition) is 5. The van der Waals surface area contributed by atoms with E-state index in [0.717, 1.165) is 12.0 Å². The lowest BCUT2D eigenvalue weighted by molar-refractivity contribution is -0.236. The average molecular weight is 531 g/mol. The molecule has 0 radical (unpaired) electrons. The van der Waals surface area contributed by atoms with E-state index in [1.807, 2.05) is 32.0 Å². The largest absolute Gasteiger partial charge is 0.350 e. The monoisotopic (exact) mass is 529 g/mol. The minimum Gasteiger partial charge on any atom is -0.350 e. The summed E-state index contributed by atoms with van der Waals surface area (Å²) in [5, 5.41) is 4.82. The first-order chi connectivity index (χ1) is 16.8. The zero-order valence-electron chi connectivity index (χ0n) is 22.0. The predicted octanol–water partition coefficient (Wildman–Crippen LogP) is 7.65. The third kappa shape index (κ3) is 8.84. The molecule has 3 rings (SSSR count). The smallest absolute Gasteiger partial charge is 0.187 e. The van der Waals surface area contributed by atoms with Gasteiger partial charge in [0.25, 0.3) is 0 Å². The molecule has 0 saturated carbocycles. The molecule has 0 bridgehead atoms. The van der Waals surface area contributed by atoms with Crippen molar-refractivity contribution in [3.63, 3.8) is 0 Å². The summed E-state index contributed by atoms with van der Waals surface area (Å²) in [7, 11) is 0. The van der Waals surface area contributed by atoms with Crippen molar-refractivity contribution in [1.82, 2.24) is 5.32 Å². The Kier molecular flexibility index (Phi) is 12.1. The van der Waals surface area contributed by atoms with Crippen LogP contribution in [0.25, 0.3) is 0 Å². The van der Waals surface area contributed by atoms with E-state index in [0.29, 0.717) is 23.2 Å². The van der Waals surface area contributed by atoms with Gasteiger partial charge < -0.3 is 24.3 Å². The molecule has 2 aliphatic rings. The minimum absolute atomic E-state index is 0.00161. The fourth-order valence-corrected chi connectivity index (χ4v) is 5.53. The summed E-state index contributed by atoms with van der Waals surface area (Å²) in [5.41, 5.74) is 0.884. The summed E-state index contributed by atoms with van der Waals surface area (Å²) in [6.07, 6.45) is 12.0. The maximum absolute atomic E-state index is 6.34. The van der Waals surface area contributed by atoms with Crippen LogP contribution in [0.4, 0.5) is 0 Å². The van der Waals surface area contributed by atoms with Crippen LogP contribution in [0.15, 0.2) is 18.2 Å². The number of rotatable bonds is 16. The van der Waals surface area contributed by atoms with Crippen molar-refractivity contribution in [2.24, 2.45) is 0 Å². The number of benzene rings is 1. The van der Waals surface area contributed by atoms with E-state index in [4.69, 9.17) is 42.1 Å². The summed E-state index contributed by atoms with van der Waals surface area (Å²) < 4.78 is 24.9. The van der Waals surface area contributed by atoms with Crippen LogP contribution < -0.4 is 5.32 Å². The first-order valence-corrected chi connectivity index (χ1v) is 14.4. The quantitative estimate of drug-likeness (QED) is 0.223. The van der Waals surface area contributed by atoms with Gasteiger partial charge in [-0.05, 0) is 39.3 Å². The molecule has 0 spiro atoms. The Bertz CT molecular complexity index is 742. The molecule has 2 heterocycles. The van der Waals surface area contributed by atoms with E-state index in [9.17, 15) is 0 Å². The molecule has 1 aromatic carbocycles. The summed E-state index contributed by atoms with van der Waals surface area (Å²) in [6.45, 7) is 9.48. The molecule has 35 heavy (non-hydrogen) atoms. The van der Waals surface area contributed by atoms with Gasteiger partial charge in [-0.1, -0.05) is 94.0 Å². The van der Waals surface area contributed by atoms with Gasteiger partial charge in [0.1, 0.15) is 18.3 Å². The third-order valence-electron chi connectivity index (χ3n) is 6.98. The van der Waals surface area contributed by atoms with Crippen molar-refractivity contribution >= 4 is 23.2 Å². The lowest BCUT2D eigenvalue weighted by Gasteiger charge is -2.28. The molecule has 1 N–H and O–H groups in total. The highest BCUT2D eigenvalue weighted by Crippen LogP contribution is 2.40. The Labute approximate surface area is 222 Å². The summed E-state index contributed by atoms with van der Waals surface area (Å²) >= 11 is 12.7. The second kappa shape index (κ2) is 14.5. The summed E-state index contributed by atoms with van der Waals surface area (Å²) in [4.78, 5) is 0. The highest BCUT2D eigenvalue weighted by atomic mass is 35.5. The normalized spacial score (nSPS) is 26.2. The molecule has 1 aromatic rings. The van der Waals surface area contributed by atoms with Crippen LogP contribution in [-0.4, -0.2) is 43.0 Å². The van der Waals surface area contributed by atoms with Crippen LogP contribution in [0.2, 0.25) is 10.0 Å². The molecule has 2 saturated heterocycles. The fraction of sp³-hybridized carbons (Fsp3) is 0.786. The Morgan fingerprint density at radius 2 is 1.49 bits per heavy atom. The number of nitrogens with one attached hydrogen (secondary N) is 1. The number of unbranched alkanes of at least 4 members (excludes halogenated alkanes) is 9. The number of halogens is 2. The van der Waals surface area contributed by atoms with Crippen LogP contribution in [0.3, 0.4) is 0 Å². The van der Waals surface area contributed by atoms with Crippen LogP contribution in [0, 0.1) is 0 Å². The molecule has 0 amide bonds. The van der Waals surface area contributed by atoms with Crippen LogP contribution in [0.5, 0.6) is 0 Å². The standard InChI is InChI=1S/C28H45Cl2NO4/c1-5-6-7-8-9-10-11-12-13-14-18-32-27-26-25(34-28(3,4)35-26)24(33-27)20(2)31-19-21-22(29)16-15-17-23(21)30/h15-17,20,24-27,31H,5-14,18-19H2,1-4H3/t20-,24+,25-,26-,27-/m0/s1. The number of fused-ring (bicyclic) bond motifs is 1. The predicted molar refractivity (Wildman–Crippen MR) is 143 cm³/mol. The molecule has 0 unspecified atom stereocenters. The van der Waals surface area contributed by atoms with Crippen LogP contribution in [0.1, 0.15) is 97.5 Å². The molecule has 7 heteroatoms. The number of ether oxygens (including phenoxy) is 4. The highest BCUT2D eigenvalue weighted by Gasteiger charge is 2.56. The first kappa shape index (κ1) is 29.2. The van der Waals surface area contributed by atoms with Crippen molar-refractivity contribution in [1.29, 1.82) is 0 Å². The van der Waals surface area contributed by atoms with Gasteiger partial charge in [-0.15, -0.1) is 0 Å². The zero-order chi connectivity index (χ0) is 25.3. The Morgan fingerprint density at radius 1 is 0.914 bits per heavy atom.